The number of halogens is 2. The number of pyridine rings is 1. The highest BCUT2D eigenvalue weighted by Crippen LogP contribution is 2.42. The number of rotatable bonds is 9. The van der Waals surface area contributed by atoms with Crippen LogP contribution in [0.5, 0.6) is 0 Å². The van der Waals surface area contributed by atoms with Crippen molar-refractivity contribution in [3.8, 4) is 34.0 Å². The van der Waals surface area contributed by atoms with Crippen molar-refractivity contribution in [3.63, 3.8) is 0 Å². The highest BCUT2D eigenvalue weighted by Gasteiger charge is 2.27. The van der Waals surface area contributed by atoms with E-state index in [0.717, 1.165) is 10.6 Å². The minimum Gasteiger partial charge on any atom is -0.455 e. The monoisotopic (exact) mass is 656 g/mol. The highest BCUT2D eigenvalue weighted by atomic mass is 32.2. The fourth-order valence-electron chi connectivity index (χ4n) is 5.43. The molecule has 3 aromatic heterocycles. The number of hydrogen-bond donors (Lipinski definition) is 3. The average Bonchev–Trinajstić information content (AvgIpc) is 3.66. The van der Waals surface area contributed by atoms with Gasteiger partial charge in [-0.2, -0.15) is 0 Å². The lowest BCUT2D eigenvalue weighted by atomic mass is 9.99. The summed E-state index contributed by atoms with van der Waals surface area (Å²) in [5, 5.41) is 12.7. The van der Waals surface area contributed by atoms with E-state index in [-0.39, 0.29) is 29.2 Å². The summed E-state index contributed by atoms with van der Waals surface area (Å²) in [4.78, 5) is 21.5. The zero-order valence-electron chi connectivity index (χ0n) is 25.6. The SMILES string of the molecule is CNC(=O)c1c(-c2ccc(F)cc2)oc2cc(N(C)S(C)(=O)=O)c(-c3ccc(/C=C/CCO)c(-c4cc5c(F)cccc5[nH]4)n3)cc12. The Morgan fingerprint density at radius 1 is 1.06 bits per heavy atom. The van der Waals surface area contributed by atoms with E-state index >= 15 is 0 Å². The van der Waals surface area contributed by atoms with Gasteiger partial charge in [0, 0.05) is 59.7 Å². The lowest BCUT2D eigenvalue weighted by Crippen LogP contribution is -2.25. The Bertz CT molecular complexity index is 2290. The van der Waals surface area contributed by atoms with Crippen molar-refractivity contribution in [3.05, 3.63) is 102 Å². The highest BCUT2D eigenvalue weighted by molar-refractivity contribution is 7.92. The summed E-state index contributed by atoms with van der Waals surface area (Å²) in [6.45, 7) is -0.0472. The van der Waals surface area contributed by atoms with Gasteiger partial charge in [0.05, 0.1) is 34.6 Å². The number of hydrogen-bond acceptors (Lipinski definition) is 6. The maximum absolute atomic E-state index is 14.7. The number of aromatic amines is 1. The Balaban J connectivity index is 1.64. The molecule has 12 heteroatoms. The molecule has 0 aliphatic carbocycles. The Morgan fingerprint density at radius 2 is 1.83 bits per heavy atom. The third kappa shape index (κ3) is 6.00. The van der Waals surface area contributed by atoms with Crippen molar-refractivity contribution >= 4 is 49.6 Å². The maximum atomic E-state index is 14.7. The number of aliphatic hydroxyl groups excluding tert-OH is 1. The predicted molar refractivity (Wildman–Crippen MR) is 179 cm³/mol. The number of carbonyl (C=O) groups excluding carboxylic acids is 1. The van der Waals surface area contributed by atoms with Crippen LogP contribution in [0.3, 0.4) is 0 Å². The fourth-order valence-corrected chi connectivity index (χ4v) is 5.94. The van der Waals surface area contributed by atoms with Gasteiger partial charge in [0.15, 0.2) is 0 Å². The molecular formula is C35H30F2N4O5S. The Labute approximate surface area is 269 Å². The van der Waals surface area contributed by atoms with Crippen LogP contribution >= 0.6 is 0 Å². The van der Waals surface area contributed by atoms with E-state index in [1.807, 2.05) is 0 Å². The second-order valence-electron chi connectivity index (χ2n) is 10.9. The van der Waals surface area contributed by atoms with Crippen molar-refractivity contribution in [2.75, 3.05) is 31.3 Å². The van der Waals surface area contributed by atoms with Gasteiger partial charge in [-0.15, -0.1) is 0 Å². The summed E-state index contributed by atoms with van der Waals surface area (Å²) in [6.07, 6.45) is 5.06. The number of nitrogens with zero attached hydrogens (tertiary/aromatic N) is 2. The number of aromatic nitrogens is 2. The van der Waals surface area contributed by atoms with Crippen LogP contribution in [0.2, 0.25) is 0 Å². The Hall–Kier alpha value is -5.33. The average molecular weight is 657 g/mol. The van der Waals surface area contributed by atoms with Crippen molar-refractivity contribution in [2.24, 2.45) is 0 Å². The van der Waals surface area contributed by atoms with Crippen molar-refractivity contribution < 1.29 is 31.5 Å². The van der Waals surface area contributed by atoms with Crippen molar-refractivity contribution in [2.45, 2.75) is 6.42 Å². The number of nitrogens with one attached hydrogen (secondary N) is 2. The third-order valence-electron chi connectivity index (χ3n) is 7.87. The zero-order chi connectivity index (χ0) is 33.5. The first-order valence-electron chi connectivity index (χ1n) is 14.6. The molecule has 240 valence electrons. The van der Waals surface area contributed by atoms with Crippen LogP contribution < -0.4 is 9.62 Å². The van der Waals surface area contributed by atoms with Crippen LogP contribution in [0.15, 0.2) is 83.3 Å². The fraction of sp³-hybridized carbons (Fsp3) is 0.143. The molecule has 1 amide bonds. The molecule has 0 fully saturated rings. The van der Waals surface area contributed by atoms with Gasteiger partial charge in [-0.05, 0) is 61.0 Å². The number of furan rings is 1. The molecule has 0 spiro atoms. The van der Waals surface area contributed by atoms with E-state index < -0.39 is 27.6 Å². The van der Waals surface area contributed by atoms with E-state index in [0.29, 0.717) is 56.5 Å². The minimum absolute atomic E-state index is 0.0472. The summed E-state index contributed by atoms with van der Waals surface area (Å²) in [5.41, 5.74) is 4.02. The van der Waals surface area contributed by atoms with Gasteiger partial charge in [-0.25, -0.2) is 22.2 Å². The molecule has 0 saturated heterocycles. The summed E-state index contributed by atoms with van der Waals surface area (Å²) in [6, 6.07) is 18.5. The molecule has 3 heterocycles. The van der Waals surface area contributed by atoms with Gasteiger partial charge in [0.25, 0.3) is 5.91 Å². The molecule has 3 aromatic carbocycles. The molecule has 0 aliphatic rings. The summed E-state index contributed by atoms with van der Waals surface area (Å²) in [7, 11) is -0.909. The molecule has 0 aliphatic heterocycles. The molecule has 3 N–H and O–H groups in total. The Morgan fingerprint density at radius 3 is 2.51 bits per heavy atom. The number of sulfonamides is 1. The molecule has 0 bridgehead atoms. The first-order chi connectivity index (χ1) is 22.5. The molecule has 6 aromatic rings. The van der Waals surface area contributed by atoms with Crippen LogP contribution in [0.4, 0.5) is 14.5 Å². The lowest BCUT2D eigenvalue weighted by molar-refractivity contribution is 0.0964. The standard InChI is InChI=1S/C35H30F2N4O5S/c1-38-35(43)32-25-17-24(30(41(2)47(3,44)45)19-31(25)46-34(32)21-10-13-22(36)14-11-21)28-15-12-20(7-4-5-16-42)33(40-28)29-18-23-26(37)8-6-9-27(23)39-29/h4,6-15,17-19,39,42H,5,16H2,1-3H3,(H,38,43)/b7-4+. The predicted octanol–water partition coefficient (Wildman–Crippen LogP) is 6.74. The molecule has 0 unspecified atom stereocenters. The second kappa shape index (κ2) is 12.5. The first-order valence-corrected chi connectivity index (χ1v) is 16.4. The topological polar surface area (TPSA) is 129 Å². The van der Waals surface area contributed by atoms with Gasteiger partial charge in [0.2, 0.25) is 10.0 Å². The van der Waals surface area contributed by atoms with Crippen LogP contribution in [0.25, 0.3) is 61.9 Å². The number of carbonyl (C=O) groups is 1. The number of aliphatic hydroxyl groups is 1. The number of anilines is 1. The minimum atomic E-state index is -3.78. The second-order valence-corrected chi connectivity index (χ2v) is 12.9. The molecule has 6 rings (SSSR count). The van der Waals surface area contributed by atoms with Crippen LogP contribution in [-0.2, 0) is 10.0 Å². The number of benzene rings is 3. The normalized spacial score (nSPS) is 12.0. The van der Waals surface area contributed by atoms with Crippen molar-refractivity contribution in [1.82, 2.24) is 15.3 Å². The number of H-pyrrole nitrogens is 1. The van der Waals surface area contributed by atoms with Crippen LogP contribution in [-0.4, -0.2) is 56.4 Å². The van der Waals surface area contributed by atoms with E-state index in [1.54, 1.807) is 48.6 Å². The maximum Gasteiger partial charge on any atom is 0.255 e. The molecular weight excluding hydrogens is 626 g/mol. The zero-order valence-corrected chi connectivity index (χ0v) is 26.5. The molecule has 0 saturated carbocycles. The Kier molecular flexibility index (Phi) is 8.39. The van der Waals surface area contributed by atoms with Gasteiger partial charge in [-0.1, -0.05) is 24.3 Å². The van der Waals surface area contributed by atoms with Gasteiger partial charge in [-0.3, -0.25) is 9.10 Å². The van der Waals surface area contributed by atoms with Gasteiger partial charge in [0.1, 0.15) is 23.0 Å². The molecule has 0 atom stereocenters. The lowest BCUT2D eigenvalue weighted by Gasteiger charge is -2.21. The van der Waals surface area contributed by atoms with E-state index in [2.05, 4.69) is 10.3 Å². The van der Waals surface area contributed by atoms with Crippen LogP contribution in [0, 0.1) is 11.6 Å². The van der Waals surface area contributed by atoms with Crippen molar-refractivity contribution in [1.29, 1.82) is 0 Å². The summed E-state index contributed by atoms with van der Waals surface area (Å²) in [5.74, 6) is -1.14. The first kappa shape index (κ1) is 31.6. The molecule has 9 nitrogen and oxygen atoms in total. The third-order valence-corrected chi connectivity index (χ3v) is 9.06. The summed E-state index contributed by atoms with van der Waals surface area (Å²) < 4.78 is 61.4. The largest absolute Gasteiger partial charge is 0.455 e. The number of fused-ring (bicyclic) bond motifs is 2. The van der Waals surface area contributed by atoms with E-state index in [1.165, 1.54) is 50.5 Å². The number of amides is 1. The van der Waals surface area contributed by atoms with Gasteiger partial charge < -0.3 is 19.8 Å². The van der Waals surface area contributed by atoms with E-state index in [9.17, 15) is 27.1 Å². The summed E-state index contributed by atoms with van der Waals surface area (Å²) >= 11 is 0. The quantitative estimate of drug-likeness (QED) is 0.158. The smallest absolute Gasteiger partial charge is 0.255 e. The molecule has 47 heavy (non-hydrogen) atoms. The van der Waals surface area contributed by atoms with Gasteiger partial charge >= 0.3 is 0 Å². The van der Waals surface area contributed by atoms with Crippen LogP contribution in [0.1, 0.15) is 22.3 Å². The van der Waals surface area contributed by atoms with E-state index in [4.69, 9.17) is 9.40 Å². The molecule has 0 radical (unpaired) electrons.